The van der Waals surface area contributed by atoms with E-state index in [1.807, 2.05) is 0 Å². The van der Waals surface area contributed by atoms with E-state index >= 15 is 0 Å². The van der Waals surface area contributed by atoms with E-state index in [-0.39, 0.29) is 5.60 Å². The Balaban J connectivity index is 1.89. The molecule has 2 aliphatic rings. The summed E-state index contributed by atoms with van der Waals surface area (Å²) >= 11 is 0. The lowest BCUT2D eigenvalue weighted by molar-refractivity contribution is 0.297. The average molecular weight is 188 g/mol. The monoisotopic (exact) mass is 188 g/mol. The van der Waals surface area contributed by atoms with E-state index < -0.39 is 0 Å². The highest BCUT2D eigenvalue weighted by molar-refractivity contribution is 5.34. The Hall–Kier alpha value is -0.820. The van der Waals surface area contributed by atoms with Crippen LogP contribution in [0.2, 0.25) is 0 Å². The number of hydrogen-bond donors (Lipinski definition) is 0. The lowest BCUT2D eigenvalue weighted by Crippen LogP contribution is -2.05. The van der Waals surface area contributed by atoms with Gasteiger partial charge >= 0.3 is 0 Å². The maximum atomic E-state index is 5.93. The maximum absolute atomic E-state index is 5.93. The molecule has 1 unspecified atom stereocenters. The number of benzene rings is 1. The number of epoxide rings is 1. The van der Waals surface area contributed by atoms with Gasteiger partial charge in [0.2, 0.25) is 0 Å². The van der Waals surface area contributed by atoms with E-state index in [4.69, 9.17) is 4.74 Å². The zero-order chi connectivity index (χ0) is 9.60. The summed E-state index contributed by atoms with van der Waals surface area (Å²) < 4.78 is 5.93. The lowest BCUT2D eigenvalue weighted by atomic mass is 9.95. The van der Waals surface area contributed by atoms with E-state index in [0.717, 1.165) is 0 Å². The van der Waals surface area contributed by atoms with E-state index in [0.29, 0.717) is 6.10 Å². The first-order chi connectivity index (χ1) is 6.82. The summed E-state index contributed by atoms with van der Waals surface area (Å²) in [5.41, 5.74) is 3.04. The third-order valence-corrected chi connectivity index (χ3v) is 3.69. The van der Waals surface area contributed by atoms with Crippen LogP contribution in [0, 0.1) is 6.92 Å². The Morgan fingerprint density at radius 2 is 1.93 bits per heavy atom. The summed E-state index contributed by atoms with van der Waals surface area (Å²) in [7, 11) is 0. The molecule has 0 radical (unpaired) electrons. The molecule has 1 aliphatic heterocycles. The molecule has 1 spiro atoms. The maximum Gasteiger partial charge on any atom is 0.113 e. The third kappa shape index (κ3) is 1.12. The summed E-state index contributed by atoms with van der Waals surface area (Å²) in [5, 5.41) is 0. The van der Waals surface area contributed by atoms with E-state index in [9.17, 15) is 0 Å². The van der Waals surface area contributed by atoms with Crippen LogP contribution in [0.25, 0.3) is 0 Å². The van der Waals surface area contributed by atoms with Gasteiger partial charge < -0.3 is 4.74 Å². The van der Waals surface area contributed by atoms with Gasteiger partial charge in [-0.15, -0.1) is 0 Å². The van der Waals surface area contributed by atoms with Gasteiger partial charge in [0, 0.05) is 0 Å². The van der Waals surface area contributed by atoms with Crippen LogP contribution in [0.1, 0.15) is 42.9 Å². The molecule has 0 N–H and O–H groups in total. The number of hydrogen-bond acceptors (Lipinski definition) is 1. The first-order valence-corrected chi connectivity index (χ1v) is 5.55. The Morgan fingerprint density at radius 3 is 2.64 bits per heavy atom. The minimum atomic E-state index is 0.256. The number of aryl methyl sites for hydroxylation is 1. The quantitative estimate of drug-likeness (QED) is 0.615. The fraction of sp³-hybridized carbons (Fsp3) is 0.538. The first-order valence-electron chi connectivity index (χ1n) is 5.55. The smallest absolute Gasteiger partial charge is 0.113 e. The van der Waals surface area contributed by atoms with Gasteiger partial charge in [-0.3, -0.25) is 0 Å². The molecule has 0 bridgehead atoms. The van der Waals surface area contributed by atoms with Crippen LogP contribution in [0.5, 0.6) is 0 Å². The second-order valence-corrected chi connectivity index (χ2v) is 4.63. The van der Waals surface area contributed by atoms with E-state index in [2.05, 4.69) is 31.2 Å². The van der Waals surface area contributed by atoms with Crippen LogP contribution in [0.3, 0.4) is 0 Å². The van der Waals surface area contributed by atoms with Gasteiger partial charge in [-0.25, -0.2) is 0 Å². The molecular formula is C13H16O. The Morgan fingerprint density at radius 1 is 1.21 bits per heavy atom. The predicted octanol–water partition coefficient (Wildman–Crippen LogP) is 3.38. The summed E-state index contributed by atoms with van der Waals surface area (Å²) in [5.74, 6) is 0. The number of ether oxygens (including phenoxy) is 1. The van der Waals surface area contributed by atoms with Crippen LogP contribution < -0.4 is 0 Å². The highest BCUT2D eigenvalue weighted by Gasteiger charge is 2.58. The van der Waals surface area contributed by atoms with Gasteiger partial charge in [0.05, 0.1) is 5.60 Å². The lowest BCUT2D eigenvalue weighted by Gasteiger charge is -2.04. The molecule has 1 nitrogen and oxygen atoms in total. The molecule has 1 saturated heterocycles. The van der Waals surface area contributed by atoms with Gasteiger partial charge in [-0.2, -0.15) is 0 Å². The van der Waals surface area contributed by atoms with Crippen molar-refractivity contribution in [2.24, 2.45) is 0 Å². The SMILES string of the molecule is Cc1ccccc1C1OC12CCCC2. The number of rotatable bonds is 1. The molecule has 74 valence electrons. The van der Waals surface area contributed by atoms with Crippen molar-refractivity contribution in [1.82, 2.24) is 0 Å². The molecule has 1 heteroatoms. The molecule has 1 aromatic rings. The van der Waals surface area contributed by atoms with Gasteiger partial charge in [0.1, 0.15) is 6.10 Å². The van der Waals surface area contributed by atoms with Crippen molar-refractivity contribution in [3.05, 3.63) is 35.4 Å². The van der Waals surface area contributed by atoms with E-state index in [1.54, 1.807) is 0 Å². The van der Waals surface area contributed by atoms with Crippen molar-refractivity contribution >= 4 is 0 Å². The summed E-state index contributed by atoms with van der Waals surface area (Å²) in [4.78, 5) is 0. The zero-order valence-electron chi connectivity index (χ0n) is 8.62. The van der Waals surface area contributed by atoms with Crippen molar-refractivity contribution < 1.29 is 4.74 Å². The molecule has 1 aliphatic carbocycles. The van der Waals surface area contributed by atoms with Gasteiger partial charge in [-0.05, 0) is 30.9 Å². The zero-order valence-corrected chi connectivity index (χ0v) is 8.62. The molecular weight excluding hydrogens is 172 g/mol. The molecule has 1 heterocycles. The molecule has 3 rings (SSSR count). The summed E-state index contributed by atoms with van der Waals surface area (Å²) in [6.07, 6.45) is 5.65. The van der Waals surface area contributed by atoms with Gasteiger partial charge in [0.25, 0.3) is 0 Å². The topological polar surface area (TPSA) is 12.5 Å². The van der Waals surface area contributed by atoms with E-state index in [1.165, 1.54) is 36.8 Å². The van der Waals surface area contributed by atoms with Crippen molar-refractivity contribution in [2.75, 3.05) is 0 Å². The largest absolute Gasteiger partial charge is 0.361 e. The van der Waals surface area contributed by atoms with Crippen LogP contribution in [-0.4, -0.2) is 5.60 Å². The van der Waals surface area contributed by atoms with Crippen LogP contribution in [-0.2, 0) is 4.74 Å². The minimum absolute atomic E-state index is 0.256. The van der Waals surface area contributed by atoms with Crippen LogP contribution in [0.15, 0.2) is 24.3 Å². The second kappa shape index (κ2) is 2.83. The molecule has 1 aromatic carbocycles. The van der Waals surface area contributed by atoms with Crippen molar-refractivity contribution in [1.29, 1.82) is 0 Å². The highest BCUT2D eigenvalue weighted by atomic mass is 16.6. The molecule has 1 atom stereocenters. The van der Waals surface area contributed by atoms with Crippen molar-refractivity contribution in [2.45, 2.75) is 44.3 Å². The fourth-order valence-corrected chi connectivity index (χ4v) is 2.78. The van der Waals surface area contributed by atoms with Gasteiger partial charge in [0.15, 0.2) is 0 Å². The minimum Gasteiger partial charge on any atom is -0.361 e. The van der Waals surface area contributed by atoms with Gasteiger partial charge in [-0.1, -0.05) is 37.1 Å². The van der Waals surface area contributed by atoms with Crippen molar-refractivity contribution in [3.8, 4) is 0 Å². The van der Waals surface area contributed by atoms with Crippen molar-refractivity contribution in [3.63, 3.8) is 0 Å². The summed E-state index contributed by atoms with van der Waals surface area (Å²) in [6, 6.07) is 8.61. The normalized spacial score (nSPS) is 28.2. The molecule has 14 heavy (non-hydrogen) atoms. The first kappa shape index (κ1) is 8.49. The average Bonchev–Trinajstić information content (AvgIpc) is 2.67. The third-order valence-electron chi connectivity index (χ3n) is 3.69. The molecule has 0 amide bonds. The molecule has 0 aromatic heterocycles. The molecule has 1 saturated carbocycles. The second-order valence-electron chi connectivity index (χ2n) is 4.63. The van der Waals surface area contributed by atoms with Crippen LogP contribution in [0.4, 0.5) is 0 Å². The Bertz CT molecular complexity index is 350. The predicted molar refractivity (Wildman–Crippen MR) is 56.2 cm³/mol. The fourth-order valence-electron chi connectivity index (χ4n) is 2.78. The van der Waals surface area contributed by atoms with Crippen LogP contribution >= 0.6 is 0 Å². The summed E-state index contributed by atoms with van der Waals surface area (Å²) in [6.45, 7) is 2.18. The Kier molecular flexibility index (Phi) is 1.72. The molecule has 2 fully saturated rings. The standard InChI is InChI=1S/C13H16O/c1-10-6-2-3-7-11(10)12-13(14-12)8-4-5-9-13/h2-3,6-7,12H,4-5,8-9H2,1H3. The highest BCUT2D eigenvalue weighted by Crippen LogP contribution is 2.59. The Labute approximate surface area is 85.1 Å².